The number of amides is 1. The van der Waals surface area contributed by atoms with E-state index in [2.05, 4.69) is 35.4 Å². The predicted molar refractivity (Wildman–Crippen MR) is 127 cm³/mol. The highest BCUT2D eigenvalue weighted by Crippen LogP contribution is 2.60. The Morgan fingerprint density at radius 2 is 2.00 bits per heavy atom. The molecule has 0 radical (unpaired) electrons. The first-order chi connectivity index (χ1) is 15.9. The summed E-state index contributed by atoms with van der Waals surface area (Å²) in [6.45, 7) is 0.215. The Kier molecular flexibility index (Phi) is 5.70. The van der Waals surface area contributed by atoms with Crippen LogP contribution in [0.15, 0.2) is 18.2 Å². The molecule has 0 aromatic heterocycles. The second-order valence-electron chi connectivity index (χ2n) is 9.77. The van der Waals surface area contributed by atoms with E-state index in [0.29, 0.717) is 11.0 Å². The van der Waals surface area contributed by atoms with E-state index >= 15 is 0 Å². The van der Waals surface area contributed by atoms with Crippen molar-refractivity contribution >= 4 is 29.2 Å². The van der Waals surface area contributed by atoms with Crippen LogP contribution in [0.1, 0.15) is 61.6 Å². The summed E-state index contributed by atoms with van der Waals surface area (Å²) in [5.74, 6) is 6.75. The molecule has 4 aliphatic rings. The van der Waals surface area contributed by atoms with Crippen molar-refractivity contribution in [3.8, 4) is 11.8 Å². The van der Waals surface area contributed by atoms with Gasteiger partial charge in [0.05, 0.1) is 19.6 Å². The fourth-order valence-electron chi connectivity index (χ4n) is 5.91. The van der Waals surface area contributed by atoms with Gasteiger partial charge in [-0.2, -0.15) is 0 Å². The van der Waals surface area contributed by atoms with Crippen molar-refractivity contribution in [3.63, 3.8) is 0 Å². The number of hydrogen-bond acceptors (Lipinski definition) is 5. The zero-order valence-electron chi connectivity index (χ0n) is 19.2. The van der Waals surface area contributed by atoms with Gasteiger partial charge in [0, 0.05) is 30.6 Å². The van der Waals surface area contributed by atoms with Crippen molar-refractivity contribution in [2.75, 3.05) is 20.8 Å². The number of esters is 1. The van der Waals surface area contributed by atoms with E-state index in [0.717, 1.165) is 43.2 Å². The molecule has 2 saturated carbocycles. The maximum atomic E-state index is 14.2. The fourth-order valence-corrected chi connectivity index (χ4v) is 6.24. The highest BCUT2D eigenvalue weighted by Gasteiger charge is 2.67. The monoisotopic (exact) mass is 466 g/mol. The fraction of sp³-hybridized carbons (Fsp3) is 0.577. The first-order valence-corrected chi connectivity index (χ1v) is 12.2. The van der Waals surface area contributed by atoms with E-state index in [9.17, 15) is 9.59 Å². The van der Waals surface area contributed by atoms with E-state index in [4.69, 9.17) is 21.7 Å². The average Bonchev–Trinajstić information content (AvgIpc) is 3.58. The van der Waals surface area contributed by atoms with Crippen molar-refractivity contribution < 1.29 is 19.1 Å². The molecule has 33 heavy (non-hydrogen) atoms. The van der Waals surface area contributed by atoms with Gasteiger partial charge in [0.25, 0.3) is 5.91 Å². The van der Waals surface area contributed by atoms with Crippen molar-refractivity contribution in [2.24, 2.45) is 11.3 Å². The van der Waals surface area contributed by atoms with Gasteiger partial charge in [0.15, 0.2) is 10.7 Å². The van der Waals surface area contributed by atoms with Crippen LogP contribution in [-0.4, -0.2) is 48.8 Å². The Bertz CT molecular complexity index is 1060. The number of nitrogens with one attached hydrogen (secondary N) is 1. The molecule has 2 spiro atoms. The van der Waals surface area contributed by atoms with Crippen molar-refractivity contribution in [2.45, 2.75) is 63.0 Å². The summed E-state index contributed by atoms with van der Waals surface area (Å²) in [7, 11) is 3.11. The van der Waals surface area contributed by atoms with Gasteiger partial charge in [-0.25, -0.2) is 0 Å². The van der Waals surface area contributed by atoms with E-state index < -0.39 is 5.54 Å². The highest BCUT2D eigenvalue weighted by atomic mass is 32.1. The molecule has 6 nitrogen and oxygen atoms in total. The minimum absolute atomic E-state index is 0.0571. The van der Waals surface area contributed by atoms with Gasteiger partial charge in [-0.3, -0.25) is 14.5 Å². The molecule has 7 heteroatoms. The third kappa shape index (κ3) is 3.64. The zero-order valence-corrected chi connectivity index (χ0v) is 20.1. The van der Waals surface area contributed by atoms with Gasteiger partial charge >= 0.3 is 5.97 Å². The summed E-state index contributed by atoms with van der Waals surface area (Å²) in [5, 5.41) is 3.88. The summed E-state index contributed by atoms with van der Waals surface area (Å²) in [6, 6.07) is 6.31. The van der Waals surface area contributed by atoms with E-state index in [-0.39, 0.29) is 36.4 Å². The molecule has 1 aromatic carbocycles. The van der Waals surface area contributed by atoms with Crippen LogP contribution in [-0.2, 0) is 31.0 Å². The SMILES string of the molecule is COC(=O)CCN1C(=O)C2(NC1=S)c1cc(C#CC3CC3)ccc1CC21CCC(OC)CC1. The summed E-state index contributed by atoms with van der Waals surface area (Å²) in [5.41, 5.74) is 1.91. The van der Waals surface area contributed by atoms with Crippen LogP contribution < -0.4 is 5.32 Å². The molecule has 1 aromatic rings. The van der Waals surface area contributed by atoms with Crippen LogP contribution in [0.25, 0.3) is 0 Å². The van der Waals surface area contributed by atoms with E-state index in [1.807, 2.05) is 0 Å². The molecule has 0 bridgehead atoms. The average molecular weight is 467 g/mol. The quantitative estimate of drug-likeness (QED) is 0.418. The van der Waals surface area contributed by atoms with Gasteiger partial charge in [0.1, 0.15) is 0 Å². The van der Waals surface area contributed by atoms with Crippen LogP contribution >= 0.6 is 12.2 Å². The number of methoxy groups -OCH3 is 2. The van der Waals surface area contributed by atoms with Crippen LogP contribution in [0.2, 0.25) is 0 Å². The molecule has 1 aliphatic heterocycles. The van der Waals surface area contributed by atoms with Crippen LogP contribution in [0.3, 0.4) is 0 Å². The zero-order chi connectivity index (χ0) is 23.2. The van der Waals surface area contributed by atoms with Crippen LogP contribution in [0.4, 0.5) is 0 Å². The van der Waals surface area contributed by atoms with Gasteiger partial charge in [-0.15, -0.1) is 0 Å². The summed E-state index contributed by atoms with van der Waals surface area (Å²) >= 11 is 5.66. The smallest absolute Gasteiger partial charge is 0.307 e. The normalized spacial score (nSPS) is 30.2. The Morgan fingerprint density at radius 3 is 2.67 bits per heavy atom. The summed E-state index contributed by atoms with van der Waals surface area (Å²) in [6.07, 6.45) is 7.06. The van der Waals surface area contributed by atoms with E-state index in [1.54, 1.807) is 12.0 Å². The standard InChI is InChI=1S/C26H30N2O4S/c1-31-20-9-12-25(13-10-20)16-19-8-7-18(6-5-17-3-4-17)15-21(19)26(25)23(30)28(24(33)27-26)14-11-22(29)32-2/h7-8,15,17,20H,3-4,9-14,16H2,1-2H3,(H,27,33). The largest absolute Gasteiger partial charge is 0.469 e. The topological polar surface area (TPSA) is 67.9 Å². The van der Waals surface area contributed by atoms with Crippen molar-refractivity contribution in [3.05, 3.63) is 34.9 Å². The Labute approximate surface area is 200 Å². The molecular formula is C26H30N2O4S. The van der Waals surface area contributed by atoms with Crippen molar-refractivity contribution in [1.29, 1.82) is 0 Å². The molecule has 1 atom stereocenters. The van der Waals surface area contributed by atoms with Gasteiger partial charge in [-0.1, -0.05) is 17.9 Å². The molecule has 1 unspecified atom stereocenters. The number of hydrogen-bond donors (Lipinski definition) is 1. The predicted octanol–water partition coefficient (Wildman–Crippen LogP) is 3.05. The number of carbonyl (C=O) groups excluding carboxylic acids is 2. The van der Waals surface area contributed by atoms with E-state index in [1.165, 1.54) is 25.5 Å². The van der Waals surface area contributed by atoms with Gasteiger partial charge in [0.2, 0.25) is 0 Å². The Morgan fingerprint density at radius 1 is 1.24 bits per heavy atom. The number of fused-ring (bicyclic) bond motifs is 3. The molecule has 174 valence electrons. The third-order valence-corrected chi connectivity index (χ3v) is 8.25. The Balaban J connectivity index is 1.55. The number of rotatable bonds is 4. The molecule has 3 aliphatic carbocycles. The van der Waals surface area contributed by atoms with Crippen LogP contribution in [0.5, 0.6) is 0 Å². The minimum atomic E-state index is -0.925. The van der Waals surface area contributed by atoms with Crippen LogP contribution in [0, 0.1) is 23.2 Å². The maximum Gasteiger partial charge on any atom is 0.307 e. The maximum absolute atomic E-state index is 14.2. The summed E-state index contributed by atoms with van der Waals surface area (Å²) in [4.78, 5) is 27.5. The number of nitrogens with zero attached hydrogens (tertiary/aromatic N) is 1. The summed E-state index contributed by atoms with van der Waals surface area (Å²) < 4.78 is 10.4. The molecular weight excluding hydrogens is 436 g/mol. The molecule has 1 heterocycles. The second-order valence-corrected chi connectivity index (χ2v) is 10.2. The first kappa shape index (κ1) is 22.4. The number of ether oxygens (including phenoxy) is 2. The van der Waals surface area contributed by atoms with Crippen molar-refractivity contribution in [1.82, 2.24) is 10.2 Å². The minimum Gasteiger partial charge on any atom is -0.469 e. The molecule has 5 rings (SSSR count). The lowest BCUT2D eigenvalue weighted by Gasteiger charge is -2.46. The van der Waals surface area contributed by atoms with Gasteiger partial charge in [-0.05, 0) is 80.4 Å². The third-order valence-electron chi connectivity index (χ3n) is 7.93. The lowest BCUT2D eigenvalue weighted by Crippen LogP contribution is -2.56. The number of thiocarbonyl (C=S) groups is 1. The molecule has 1 N–H and O–H groups in total. The highest BCUT2D eigenvalue weighted by molar-refractivity contribution is 7.80. The van der Waals surface area contributed by atoms with Gasteiger partial charge < -0.3 is 14.8 Å². The Hall–Kier alpha value is -2.43. The number of carbonyl (C=O) groups is 2. The lowest BCUT2D eigenvalue weighted by molar-refractivity contribution is -0.142. The molecule has 3 fully saturated rings. The first-order valence-electron chi connectivity index (χ1n) is 11.8. The molecule has 1 amide bonds. The molecule has 1 saturated heterocycles. The number of benzene rings is 1. The second kappa shape index (κ2) is 8.41. The lowest BCUT2D eigenvalue weighted by atomic mass is 9.61.